The lowest BCUT2D eigenvalue weighted by molar-refractivity contribution is 0.130. The second-order valence-electron chi connectivity index (χ2n) is 7.31. The average molecular weight is 306 g/mol. The molecule has 20 heavy (non-hydrogen) atoms. The van der Waals surface area contributed by atoms with E-state index in [-0.39, 0.29) is 5.41 Å². The van der Waals surface area contributed by atoms with Gasteiger partial charge in [0.25, 0.3) is 10.2 Å². The summed E-state index contributed by atoms with van der Waals surface area (Å²) in [5.41, 5.74) is -0.256. The standard InChI is InChI=1S/C14H30N2O3S/c1-11-6-12(2)9-16(8-11)20(18,19)15-10-14(4,5)7-13(3)17/h11-13,15,17H,6-10H2,1-5H3/t11-,12-,13+/m1/s1. The second kappa shape index (κ2) is 6.73. The Hall–Kier alpha value is -0.170. The molecule has 2 N–H and O–H groups in total. The number of nitrogens with zero attached hydrogens (tertiary/aromatic N) is 1. The predicted octanol–water partition coefficient (Wildman–Crippen LogP) is 1.60. The van der Waals surface area contributed by atoms with Gasteiger partial charge < -0.3 is 5.11 Å². The second-order valence-corrected chi connectivity index (χ2v) is 9.06. The van der Waals surface area contributed by atoms with Crippen molar-refractivity contribution in [3.05, 3.63) is 0 Å². The topological polar surface area (TPSA) is 69.6 Å². The van der Waals surface area contributed by atoms with Gasteiger partial charge in [-0.25, -0.2) is 4.72 Å². The van der Waals surface area contributed by atoms with Crippen molar-refractivity contribution in [2.24, 2.45) is 17.3 Å². The molecule has 5 nitrogen and oxygen atoms in total. The summed E-state index contributed by atoms with van der Waals surface area (Å²) in [7, 11) is -3.42. The van der Waals surface area contributed by atoms with Crippen molar-refractivity contribution in [1.82, 2.24) is 9.03 Å². The molecular weight excluding hydrogens is 276 g/mol. The summed E-state index contributed by atoms with van der Waals surface area (Å²) in [5, 5.41) is 9.45. The molecule has 0 saturated carbocycles. The quantitative estimate of drug-likeness (QED) is 0.783. The summed E-state index contributed by atoms with van der Waals surface area (Å²) >= 11 is 0. The molecule has 0 aliphatic carbocycles. The Bertz CT molecular complexity index is 397. The zero-order chi connectivity index (χ0) is 15.6. The first-order valence-corrected chi connectivity index (χ1v) is 8.88. The Kier molecular flexibility index (Phi) is 6.01. The van der Waals surface area contributed by atoms with Gasteiger partial charge in [-0.15, -0.1) is 0 Å². The number of rotatable bonds is 6. The summed E-state index contributed by atoms with van der Waals surface area (Å²) in [5.74, 6) is 0.807. The van der Waals surface area contributed by atoms with Gasteiger partial charge in [-0.2, -0.15) is 12.7 Å². The molecule has 0 aromatic heterocycles. The summed E-state index contributed by atoms with van der Waals surface area (Å²) in [4.78, 5) is 0. The van der Waals surface area contributed by atoms with E-state index >= 15 is 0 Å². The average Bonchev–Trinajstić information content (AvgIpc) is 2.23. The highest BCUT2D eigenvalue weighted by molar-refractivity contribution is 7.87. The normalized spacial score (nSPS) is 27.5. The Balaban J connectivity index is 2.61. The van der Waals surface area contributed by atoms with Crippen LogP contribution in [0.15, 0.2) is 0 Å². The van der Waals surface area contributed by atoms with E-state index in [4.69, 9.17) is 0 Å². The summed E-state index contributed by atoms with van der Waals surface area (Å²) in [6.45, 7) is 11.4. The van der Waals surface area contributed by atoms with Gasteiger partial charge in [-0.1, -0.05) is 27.7 Å². The van der Waals surface area contributed by atoms with E-state index in [2.05, 4.69) is 18.6 Å². The van der Waals surface area contributed by atoms with Crippen molar-refractivity contribution in [1.29, 1.82) is 0 Å². The van der Waals surface area contributed by atoms with Crippen LogP contribution in [0.5, 0.6) is 0 Å². The minimum absolute atomic E-state index is 0.256. The lowest BCUT2D eigenvalue weighted by Gasteiger charge is -2.35. The van der Waals surface area contributed by atoms with Crippen LogP contribution in [0.4, 0.5) is 0 Å². The van der Waals surface area contributed by atoms with E-state index in [9.17, 15) is 13.5 Å². The van der Waals surface area contributed by atoms with Gasteiger partial charge >= 0.3 is 0 Å². The van der Waals surface area contributed by atoms with Crippen LogP contribution in [0.1, 0.15) is 47.5 Å². The van der Waals surface area contributed by atoms with Crippen LogP contribution in [-0.4, -0.2) is 43.6 Å². The molecule has 1 fully saturated rings. The highest BCUT2D eigenvalue weighted by Gasteiger charge is 2.31. The molecule has 0 spiro atoms. The number of aliphatic hydroxyl groups excluding tert-OH is 1. The maximum absolute atomic E-state index is 12.4. The Morgan fingerprint density at radius 1 is 1.30 bits per heavy atom. The van der Waals surface area contributed by atoms with Gasteiger partial charge in [0, 0.05) is 19.6 Å². The number of piperidine rings is 1. The molecule has 1 rings (SSSR count). The summed E-state index contributed by atoms with van der Waals surface area (Å²) in [6, 6.07) is 0. The highest BCUT2D eigenvalue weighted by atomic mass is 32.2. The van der Waals surface area contributed by atoms with E-state index in [1.54, 1.807) is 11.2 Å². The molecule has 3 atom stereocenters. The minimum atomic E-state index is -3.42. The van der Waals surface area contributed by atoms with Crippen molar-refractivity contribution < 1.29 is 13.5 Å². The van der Waals surface area contributed by atoms with Crippen LogP contribution in [0.3, 0.4) is 0 Å². The lowest BCUT2D eigenvalue weighted by Crippen LogP contribution is -2.49. The van der Waals surface area contributed by atoms with Crippen LogP contribution in [0.25, 0.3) is 0 Å². The zero-order valence-electron chi connectivity index (χ0n) is 13.4. The zero-order valence-corrected chi connectivity index (χ0v) is 14.2. The van der Waals surface area contributed by atoms with E-state index in [0.717, 1.165) is 6.42 Å². The van der Waals surface area contributed by atoms with E-state index < -0.39 is 16.3 Å². The molecule has 1 aliphatic heterocycles. The van der Waals surface area contributed by atoms with Crippen LogP contribution in [-0.2, 0) is 10.2 Å². The Labute approximate surface area is 123 Å². The van der Waals surface area contributed by atoms with E-state index in [1.807, 2.05) is 13.8 Å². The molecule has 1 heterocycles. The monoisotopic (exact) mass is 306 g/mol. The molecule has 0 bridgehead atoms. The molecule has 0 unspecified atom stereocenters. The number of hydrogen-bond acceptors (Lipinski definition) is 3. The first-order chi connectivity index (χ1) is 9.02. The lowest BCUT2D eigenvalue weighted by atomic mass is 9.87. The third-order valence-electron chi connectivity index (χ3n) is 3.76. The van der Waals surface area contributed by atoms with E-state index in [1.165, 1.54) is 0 Å². The molecule has 0 amide bonds. The minimum Gasteiger partial charge on any atom is -0.393 e. The SMILES string of the molecule is C[C@@H]1C[C@@H](C)CN(S(=O)(=O)NCC(C)(C)C[C@H](C)O)C1. The van der Waals surface area contributed by atoms with Gasteiger partial charge in [-0.3, -0.25) is 0 Å². The number of aliphatic hydroxyl groups is 1. The molecule has 120 valence electrons. The fourth-order valence-electron chi connectivity index (χ4n) is 3.05. The van der Waals surface area contributed by atoms with Crippen LogP contribution < -0.4 is 4.72 Å². The first kappa shape index (κ1) is 17.9. The maximum atomic E-state index is 12.4. The van der Waals surface area contributed by atoms with Crippen LogP contribution >= 0.6 is 0 Å². The van der Waals surface area contributed by atoms with E-state index in [0.29, 0.717) is 37.9 Å². The van der Waals surface area contributed by atoms with Crippen LogP contribution in [0, 0.1) is 17.3 Å². The van der Waals surface area contributed by atoms with Gasteiger partial charge in [-0.05, 0) is 37.0 Å². The fourth-order valence-corrected chi connectivity index (χ4v) is 4.71. The molecule has 0 radical (unpaired) electrons. The largest absolute Gasteiger partial charge is 0.393 e. The van der Waals surface area contributed by atoms with Gasteiger partial charge in [0.2, 0.25) is 0 Å². The molecule has 0 aromatic carbocycles. The summed E-state index contributed by atoms with van der Waals surface area (Å²) < 4.78 is 29.0. The maximum Gasteiger partial charge on any atom is 0.279 e. The van der Waals surface area contributed by atoms with Gasteiger partial charge in [0.1, 0.15) is 0 Å². The molecule has 1 aliphatic rings. The van der Waals surface area contributed by atoms with Crippen molar-refractivity contribution in [3.63, 3.8) is 0 Å². The third kappa shape index (κ3) is 5.68. The molecule has 1 saturated heterocycles. The van der Waals surface area contributed by atoms with Crippen molar-refractivity contribution in [3.8, 4) is 0 Å². The highest BCUT2D eigenvalue weighted by Crippen LogP contribution is 2.24. The van der Waals surface area contributed by atoms with Crippen molar-refractivity contribution in [2.75, 3.05) is 19.6 Å². The summed E-state index contributed by atoms with van der Waals surface area (Å²) in [6.07, 6.45) is 1.23. The number of hydrogen-bond donors (Lipinski definition) is 2. The van der Waals surface area contributed by atoms with Gasteiger partial charge in [0.15, 0.2) is 0 Å². The predicted molar refractivity (Wildman–Crippen MR) is 81.5 cm³/mol. The molecule has 0 aromatic rings. The van der Waals surface area contributed by atoms with Gasteiger partial charge in [0.05, 0.1) is 6.10 Å². The Morgan fingerprint density at radius 2 is 1.80 bits per heavy atom. The van der Waals surface area contributed by atoms with Crippen molar-refractivity contribution in [2.45, 2.75) is 53.6 Å². The molecular formula is C14H30N2O3S. The fraction of sp³-hybridized carbons (Fsp3) is 1.00. The Morgan fingerprint density at radius 3 is 2.25 bits per heavy atom. The third-order valence-corrected chi connectivity index (χ3v) is 5.24. The van der Waals surface area contributed by atoms with Crippen LogP contribution in [0.2, 0.25) is 0 Å². The molecule has 6 heteroatoms. The smallest absolute Gasteiger partial charge is 0.279 e. The van der Waals surface area contributed by atoms with Crippen molar-refractivity contribution >= 4 is 10.2 Å². The number of nitrogens with one attached hydrogen (secondary N) is 1. The first-order valence-electron chi connectivity index (χ1n) is 7.44.